The van der Waals surface area contributed by atoms with E-state index in [0.29, 0.717) is 0 Å². The van der Waals surface area contributed by atoms with Crippen molar-refractivity contribution >= 4 is 21.7 Å². The minimum absolute atomic E-state index is 0. The van der Waals surface area contributed by atoms with Gasteiger partial charge in [0.05, 0.1) is 7.11 Å². The van der Waals surface area contributed by atoms with Crippen molar-refractivity contribution < 1.29 is 52.4 Å². The van der Waals surface area contributed by atoms with Gasteiger partial charge in [0.15, 0.2) is 0 Å². The molecule has 6 nitrogen and oxygen atoms in total. The zero-order valence-corrected chi connectivity index (χ0v) is 13.4. The second kappa shape index (κ2) is 6.53. The van der Waals surface area contributed by atoms with Gasteiger partial charge in [0, 0.05) is 6.07 Å². The topological polar surface area (TPSA) is 99.0 Å². The van der Waals surface area contributed by atoms with Crippen molar-refractivity contribution in [1.29, 1.82) is 0 Å². The molecule has 0 unspecified atom stereocenters. The molecule has 1 aromatic carbocycles. The van der Waals surface area contributed by atoms with Gasteiger partial charge in [-0.3, -0.25) is 9.55 Å². The van der Waals surface area contributed by atoms with Crippen LogP contribution in [0.5, 0.6) is 5.75 Å². The number of benzene rings is 1. The number of aliphatic imine (C=N–C) groups is 1. The smallest absolute Gasteiger partial charge is 0.862 e. The minimum Gasteiger partial charge on any atom is -0.862 e. The zero-order chi connectivity index (χ0) is 13.2. The van der Waals surface area contributed by atoms with Crippen LogP contribution in [0.15, 0.2) is 22.0 Å². The van der Waals surface area contributed by atoms with Crippen LogP contribution in [0, 0.1) is 6.92 Å². The Labute approximate surface area is 128 Å². The molecule has 0 fully saturated rings. The molecule has 0 radical (unpaired) electrons. The first kappa shape index (κ1) is 17.4. The molecule has 8 heteroatoms. The molecule has 18 heavy (non-hydrogen) atoms. The molecule has 1 N–H and O–H groups in total. The third kappa shape index (κ3) is 4.25. The Morgan fingerprint density at radius 3 is 2.39 bits per heavy atom. The maximum Gasteiger partial charge on any atom is 1.00 e. The van der Waals surface area contributed by atoms with Gasteiger partial charge in [-0.1, -0.05) is 0 Å². The molecule has 0 spiro atoms. The van der Waals surface area contributed by atoms with Crippen LogP contribution in [-0.2, 0) is 10.1 Å². The quantitative estimate of drug-likeness (QED) is 0.290. The van der Waals surface area contributed by atoms with Crippen LogP contribution in [0.1, 0.15) is 12.5 Å². The Balaban J connectivity index is 0.00000289. The summed E-state index contributed by atoms with van der Waals surface area (Å²) in [6, 6.07) is 2.50. The Bertz CT molecular complexity index is 564. The fraction of sp³-hybridized carbons (Fsp3) is 0.300. The van der Waals surface area contributed by atoms with Gasteiger partial charge in [-0.15, -0.1) is 0 Å². The molecule has 0 heterocycles. The predicted octanol–water partition coefficient (Wildman–Crippen LogP) is -2.34. The van der Waals surface area contributed by atoms with Crippen LogP contribution in [0.25, 0.3) is 0 Å². The Morgan fingerprint density at radius 1 is 1.44 bits per heavy atom. The van der Waals surface area contributed by atoms with E-state index in [1.54, 1.807) is 0 Å². The number of hydrogen-bond acceptors (Lipinski definition) is 5. The molecular weight excluding hydrogens is 269 g/mol. The van der Waals surface area contributed by atoms with Crippen molar-refractivity contribution in [2.75, 3.05) is 7.11 Å². The number of methoxy groups -OCH3 is 1. The van der Waals surface area contributed by atoms with Crippen LogP contribution in [-0.4, -0.2) is 26.0 Å². The van der Waals surface area contributed by atoms with Gasteiger partial charge in [0.2, 0.25) is 0 Å². The Hall–Kier alpha value is -0.600. The van der Waals surface area contributed by atoms with Crippen molar-refractivity contribution in [3.05, 3.63) is 17.7 Å². The van der Waals surface area contributed by atoms with E-state index in [9.17, 15) is 13.5 Å². The first-order chi connectivity index (χ1) is 7.75. The molecule has 1 rings (SSSR count). The van der Waals surface area contributed by atoms with E-state index in [1.807, 2.05) is 0 Å². The summed E-state index contributed by atoms with van der Waals surface area (Å²) in [5.41, 5.74) is 0.512. The van der Waals surface area contributed by atoms with Crippen molar-refractivity contribution in [2.45, 2.75) is 18.7 Å². The molecule has 0 bridgehead atoms. The van der Waals surface area contributed by atoms with Crippen molar-refractivity contribution in [1.82, 2.24) is 0 Å². The van der Waals surface area contributed by atoms with Crippen LogP contribution in [0.3, 0.4) is 0 Å². The summed E-state index contributed by atoms with van der Waals surface area (Å²) in [4.78, 5) is 3.41. The molecule has 94 valence electrons. The van der Waals surface area contributed by atoms with Gasteiger partial charge in [-0.25, -0.2) is 0 Å². The molecule has 0 aliphatic carbocycles. The fourth-order valence-corrected chi connectivity index (χ4v) is 2.07. The van der Waals surface area contributed by atoms with E-state index in [-0.39, 0.29) is 51.5 Å². The van der Waals surface area contributed by atoms with E-state index in [4.69, 9.17) is 9.29 Å². The molecule has 0 aliphatic rings. The molecule has 1 aromatic rings. The largest absolute Gasteiger partial charge is 1.00 e. The first-order valence-electron chi connectivity index (χ1n) is 4.64. The summed E-state index contributed by atoms with van der Waals surface area (Å²) in [6.07, 6.45) is 0. The second-order valence-electron chi connectivity index (χ2n) is 3.40. The third-order valence-electron chi connectivity index (χ3n) is 2.03. The van der Waals surface area contributed by atoms with Gasteiger partial charge in [-0.2, -0.15) is 8.42 Å². The van der Waals surface area contributed by atoms with E-state index < -0.39 is 16.0 Å². The van der Waals surface area contributed by atoms with Gasteiger partial charge >= 0.3 is 29.6 Å². The van der Waals surface area contributed by atoms with E-state index in [2.05, 4.69) is 4.99 Å². The number of aryl methyl sites for hydroxylation is 1. The zero-order valence-electron chi connectivity index (χ0n) is 10.6. The molecule has 0 atom stereocenters. The normalized spacial score (nSPS) is 11.9. The first-order valence-corrected chi connectivity index (χ1v) is 6.08. The predicted molar refractivity (Wildman–Crippen MR) is 60.3 cm³/mol. The van der Waals surface area contributed by atoms with Crippen molar-refractivity contribution in [2.24, 2.45) is 4.99 Å². The molecule has 0 aliphatic heterocycles. The summed E-state index contributed by atoms with van der Waals surface area (Å²) in [7, 11) is -3.00. The van der Waals surface area contributed by atoms with Gasteiger partial charge in [0.25, 0.3) is 10.1 Å². The standard InChI is InChI=1S/C10H13NO5S.Na/c1-6-4-8(11-7(2)12)9(16-3)5-10(6)17(13,14)15;/h4-5H,1-3H3,(H,11,12)(H,13,14,15);/q;+1/p-1. The van der Waals surface area contributed by atoms with E-state index >= 15 is 0 Å². The monoisotopic (exact) mass is 281 g/mol. The fourth-order valence-electron chi connectivity index (χ4n) is 1.35. The Morgan fingerprint density at radius 2 is 2.00 bits per heavy atom. The average molecular weight is 281 g/mol. The van der Waals surface area contributed by atoms with Gasteiger partial charge in [-0.05, 0) is 31.4 Å². The number of hydrogen-bond donors (Lipinski definition) is 1. The maximum absolute atomic E-state index is 11.1. The summed E-state index contributed by atoms with van der Waals surface area (Å²) >= 11 is 0. The van der Waals surface area contributed by atoms with Crippen molar-refractivity contribution in [3.63, 3.8) is 0 Å². The molecule has 0 aromatic heterocycles. The summed E-state index contributed by atoms with van der Waals surface area (Å²) in [5, 5.41) is 10.9. The van der Waals surface area contributed by atoms with Gasteiger partial charge < -0.3 is 9.84 Å². The molecular formula is C10H12NNaO5S. The number of rotatable bonds is 3. The van der Waals surface area contributed by atoms with Crippen molar-refractivity contribution in [3.8, 4) is 5.75 Å². The SMILES string of the molecule is COc1cc(S(=O)(=O)O)c(C)cc1N=C(C)[O-].[Na+]. The number of nitrogens with zero attached hydrogens (tertiary/aromatic N) is 1. The molecule has 0 amide bonds. The Kier molecular flexibility index (Phi) is 6.32. The third-order valence-corrected chi connectivity index (χ3v) is 3.03. The van der Waals surface area contributed by atoms with Crippen LogP contribution < -0.4 is 39.4 Å². The van der Waals surface area contributed by atoms with Crippen LogP contribution in [0.2, 0.25) is 0 Å². The van der Waals surface area contributed by atoms with E-state index in [0.717, 1.165) is 6.07 Å². The van der Waals surface area contributed by atoms with Crippen LogP contribution >= 0.6 is 0 Å². The van der Waals surface area contributed by atoms with E-state index in [1.165, 1.54) is 27.0 Å². The molecule has 0 saturated heterocycles. The minimum atomic E-state index is -4.32. The second-order valence-corrected chi connectivity index (χ2v) is 4.79. The number of ether oxygens (including phenoxy) is 1. The summed E-state index contributed by atoms with van der Waals surface area (Å²) < 4.78 is 36.0. The van der Waals surface area contributed by atoms with Gasteiger partial charge in [0.1, 0.15) is 16.3 Å². The average Bonchev–Trinajstić information content (AvgIpc) is 2.14. The summed E-state index contributed by atoms with van der Waals surface area (Å²) in [5.74, 6) is -0.319. The van der Waals surface area contributed by atoms with Crippen LogP contribution in [0.4, 0.5) is 5.69 Å². The molecule has 0 saturated carbocycles. The maximum atomic E-state index is 11.1. The summed E-state index contributed by atoms with van der Waals surface area (Å²) in [6.45, 7) is 2.76.